The van der Waals surface area contributed by atoms with Gasteiger partial charge in [0.25, 0.3) is 0 Å². The molecule has 22 heavy (non-hydrogen) atoms. The number of hydrogen-bond donors (Lipinski definition) is 1. The van der Waals surface area contributed by atoms with Crippen LogP contribution in [0.2, 0.25) is 0 Å². The van der Waals surface area contributed by atoms with Gasteiger partial charge in [-0.25, -0.2) is 0 Å². The number of nitrogens with zero attached hydrogens (tertiary/aromatic N) is 1. The highest BCUT2D eigenvalue weighted by atomic mass is 16.5. The fourth-order valence-corrected chi connectivity index (χ4v) is 3.93. The number of methoxy groups -OCH3 is 2. The monoisotopic (exact) mass is 304 g/mol. The molecule has 2 atom stereocenters. The first-order valence-electron chi connectivity index (χ1n) is 8.50. The fourth-order valence-electron chi connectivity index (χ4n) is 3.93. The van der Waals surface area contributed by atoms with Crippen LogP contribution in [-0.4, -0.2) is 50.8 Å². The molecule has 1 aromatic rings. The number of hydrogen-bond acceptors (Lipinski definition) is 4. The van der Waals surface area contributed by atoms with Crippen LogP contribution in [0.5, 0.6) is 11.5 Å². The summed E-state index contributed by atoms with van der Waals surface area (Å²) in [4.78, 5) is 2.69. The minimum Gasteiger partial charge on any atom is -0.493 e. The predicted octanol–water partition coefficient (Wildman–Crippen LogP) is 2.46. The van der Waals surface area contributed by atoms with Crippen molar-refractivity contribution in [1.29, 1.82) is 0 Å². The van der Waals surface area contributed by atoms with Gasteiger partial charge in [0, 0.05) is 31.7 Å². The normalized spacial score (nSPS) is 25.5. The lowest BCUT2D eigenvalue weighted by atomic mass is 9.87. The van der Waals surface area contributed by atoms with Crippen molar-refractivity contribution in [1.82, 2.24) is 10.2 Å². The number of benzene rings is 1. The van der Waals surface area contributed by atoms with Gasteiger partial charge in [-0.15, -0.1) is 0 Å². The molecule has 0 aromatic heterocycles. The first-order valence-corrected chi connectivity index (χ1v) is 8.50. The van der Waals surface area contributed by atoms with E-state index in [9.17, 15) is 0 Å². The largest absolute Gasteiger partial charge is 0.493 e. The molecule has 2 fully saturated rings. The second kappa shape index (κ2) is 7.34. The molecular weight excluding hydrogens is 276 g/mol. The summed E-state index contributed by atoms with van der Waals surface area (Å²) in [5.74, 6) is 1.64. The van der Waals surface area contributed by atoms with Crippen LogP contribution in [-0.2, 0) is 6.42 Å². The second-order valence-electron chi connectivity index (χ2n) is 6.39. The van der Waals surface area contributed by atoms with Crippen LogP contribution in [0.25, 0.3) is 0 Å². The zero-order chi connectivity index (χ0) is 15.4. The van der Waals surface area contributed by atoms with Crippen molar-refractivity contribution < 1.29 is 9.47 Å². The Bertz CT molecular complexity index is 490. The highest BCUT2D eigenvalue weighted by molar-refractivity contribution is 5.42. The summed E-state index contributed by atoms with van der Waals surface area (Å²) >= 11 is 0. The molecule has 1 heterocycles. The Morgan fingerprint density at radius 2 is 1.95 bits per heavy atom. The summed E-state index contributed by atoms with van der Waals surface area (Å²) in [6, 6.07) is 7.73. The minimum absolute atomic E-state index is 0.716. The maximum absolute atomic E-state index is 5.41. The molecule has 4 nitrogen and oxygen atoms in total. The Kier molecular flexibility index (Phi) is 5.21. The first-order chi connectivity index (χ1) is 10.8. The lowest BCUT2D eigenvalue weighted by Gasteiger charge is -2.44. The molecule has 3 rings (SSSR count). The molecule has 1 aromatic carbocycles. The molecule has 1 saturated heterocycles. The van der Waals surface area contributed by atoms with Gasteiger partial charge < -0.3 is 14.8 Å². The Morgan fingerprint density at radius 3 is 2.77 bits per heavy atom. The molecule has 1 aliphatic heterocycles. The predicted molar refractivity (Wildman–Crippen MR) is 88.9 cm³/mol. The summed E-state index contributed by atoms with van der Waals surface area (Å²) in [7, 11) is 3.38. The van der Waals surface area contributed by atoms with Crippen molar-refractivity contribution in [3.8, 4) is 11.5 Å². The molecule has 122 valence electrons. The van der Waals surface area contributed by atoms with Crippen molar-refractivity contribution >= 4 is 0 Å². The van der Waals surface area contributed by atoms with Crippen LogP contribution in [0.3, 0.4) is 0 Å². The fraction of sp³-hybridized carbons (Fsp3) is 0.667. The van der Waals surface area contributed by atoms with Gasteiger partial charge in [0.2, 0.25) is 0 Å². The molecule has 0 amide bonds. The molecule has 4 heteroatoms. The molecular formula is C18H28N2O2. The van der Waals surface area contributed by atoms with Crippen LogP contribution >= 0.6 is 0 Å². The summed E-state index contributed by atoms with van der Waals surface area (Å²) in [5.41, 5.74) is 1.32. The molecule has 1 saturated carbocycles. The first kappa shape index (κ1) is 15.6. The van der Waals surface area contributed by atoms with Gasteiger partial charge in [-0.3, -0.25) is 4.90 Å². The van der Waals surface area contributed by atoms with E-state index in [-0.39, 0.29) is 0 Å². The molecule has 1 aliphatic carbocycles. The third-order valence-electron chi connectivity index (χ3n) is 5.14. The van der Waals surface area contributed by atoms with Crippen molar-refractivity contribution in [2.45, 2.75) is 44.2 Å². The number of fused-ring (bicyclic) bond motifs is 1. The SMILES string of the molecule is COc1ccc(CCN2CCN[C@H]3CCCC[C@H]32)cc1OC. The number of piperazine rings is 1. The third-order valence-corrected chi connectivity index (χ3v) is 5.14. The lowest BCUT2D eigenvalue weighted by molar-refractivity contribution is 0.0893. The van der Waals surface area contributed by atoms with Gasteiger partial charge in [0.05, 0.1) is 14.2 Å². The third kappa shape index (κ3) is 3.39. The highest BCUT2D eigenvalue weighted by Gasteiger charge is 2.32. The second-order valence-corrected chi connectivity index (χ2v) is 6.39. The van der Waals surface area contributed by atoms with Crippen LogP contribution in [0, 0.1) is 0 Å². The number of nitrogens with one attached hydrogen (secondary N) is 1. The summed E-state index contributed by atoms with van der Waals surface area (Å²) in [5, 5.41) is 3.70. The smallest absolute Gasteiger partial charge is 0.160 e. The van der Waals surface area contributed by atoms with Crippen LogP contribution in [0.15, 0.2) is 18.2 Å². The van der Waals surface area contributed by atoms with Gasteiger partial charge in [-0.2, -0.15) is 0 Å². The molecule has 1 N–H and O–H groups in total. The molecule has 0 bridgehead atoms. The highest BCUT2D eigenvalue weighted by Crippen LogP contribution is 2.29. The summed E-state index contributed by atoms with van der Waals surface area (Å²) in [6.07, 6.45) is 6.54. The van der Waals surface area contributed by atoms with Crippen molar-refractivity contribution in [2.75, 3.05) is 33.9 Å². The minimum atomic E-state index is 0.716. The Hall–Kier alpha value is -1.26. The summed E-state index contributed by atoms with van der Waals surface area (Å²) in [6.45, 7) is 3.44. The van der Waals surface area contributed by atoms with Gasteiger partial charge in [-0.05, 0) is 37.0 Å². The van der Waals surface area contributed by atoms with Crippen LogP contribution < -0.4 is 14.8 Å². The standard InChI is InChI=1S/C18H28N2O2/c1-21-17-8-7-14(13-18(17)22-2)9-11-20-12-10-19-15-5-3-4-6-16(15)20/h7-8,13,15-16,19H,3-6,9-12H2,1-2H3/t15-,16+/m0/s1. The average molecular weight is 304 g/mol. The van der Waals surface area contributed by atoms with Crippen molar-refractivity contribution in [3.63, 3.8) is 0 Å². The van der Waals surface area contributed by atoms with E-state index in [1.54, 1.807) is 14.2 Å². The summed E-state index contributed by atoms with van der Waals surface area (Å²) < 4.78 is 10.7. The number of rotatable bonds is 5. The van der Waals surface area contributed by atoms with Gasteiger partial charge in [0.1, 0.15) is 0 Å². The van der Waals surface area contributed by atoms with E-state index in [0.717, 1.165) is 37.1 Å². The van der Waals surface area contributed by atoms with Crippen LogP contribution in [0.1, 0.15) is 31.2 Å². The Labute approximate surface area is 133 Å². The van der Waals surface area contributed by atoms with Crippen molar-refractivity contribution in [3.05, 3.63) is 23.8 Å². The molecule has 0 spiro atoms. The van der Waals surface area contributed by atoms with E-state index in [1.807, 2.05) is 6.07 Å². The molecule has 2 aliphatic rings. The Balaban J connectivity index is 1.61. The van der Waals surface area contributed by atoms with Gasteiger partial charge in [0.15, 0.2) is 11.5 Å². The van der Waals surface area contributed by atoms with E-state index in [0.29, 0.717) is 6.04 Å². The average Bonchev–Trinajstić information content (AvgIpc) is 2.59. The zero-order valence-electron chi connectivity index (χ0n) is 13.8. The lowest BCUT2D eigenvalue weighted by Crippen LogP contribution is -2.59. The van der Waals surface area contributed by atoms with E-state index < -0.39 is 0 Å². The van der Waals surface area contributed by atoms with E-state index in [2.05, 4.69) is 22.3 Å². The molecule has 0 unspecified atom stereocenters. The van der Waals surface area contributed by atoms with E-state index in [1.165, 1.54) is 37.8 Å². The van der Waals surface area contributed by atoms with Crippen molar-refractivity contribution in [2.24, 2.45) is 0 Å². The topological polar surface area (TPSA) is 33.7 Å². The van der Waals surface area contributed by atoms with Crippen LogP contribution in [0.4, 0.5) is 0 Å². The van der Waals surface area contributed by atoms with Gasteiger partial charge >= 0.3 is 0 Å². The van der Waals surface area contributed by atoms with E-state index in [4.69, 9.17) is 9.47 Å². The quantitative estimate of drug-likeness (QED) is 0.906. The molecule has 0 radical (unpaired) electrons. The Morgan fingerprint density at radius 1 is 1.14 bits per heavy atom. The van der Waals surface area contributed by atoms with E-state index >= 15 is 0 Å². The maximum atomic E-state index is 5.41. The zero-order valence-corrected chi connectivity index (χ0v) is 13.8. The number of ether oxygens (including phenoxy) is 2. The van der Waals surface area contributed by atoms with Gasteiger partial charge in [-0.1, -0.05) is 18.9 Å². The maximum Gasteiger partial charge on any atom is 0.160 e.